The Morgan fingerprint density at radius 1 is 1.31 bits per heavy atom. The Labute approximate surface area is 154 Å². The number of hydrogen-bond acceptors (Lipinski definition) is 5. The van der Waals surface area contributed by atoms with E-state index in [-0.39, 0.29) is 18.3 Å². The van der Waals surface area contributed by atoms with Gasteiger partial charge in [-0.25, -0.2) is 0 Å². The van der Waals surface area contributed by atoms with E-state index < -0.39 is 4.92 Å². The molecule has 0 aromatic carbocycles. The lowest BCUT2D eigenvalue weighted by Gasteiger charge is -2.38. The summed E-state index contributed by atoms with van der Waals surface area (Å²) < 4.78 is 1.58. The van der Waals surface area contributed by atoms with Crippen LogP contribution in [0, 0.1) is 28.9 Å². The second kappa shape index (κ2) is 8.16. The average molecular weight is 363 g/mol. The zero-order valence-corrected chi connectivity index (χ0v) is 15.8. The minimum atomic E-state index is -0.523. The molecule has 2 aliphatic heterocycles. The second-order valence-electron chi connectivity index (χ2n) is 7.86. The summed E-state index contributed by atoms with van der Waals surface area (Å²) in [4.78, 5) is 31.3. The van der Waals surface area contributed by atoms with Gasteiger partial charge in [0.05, 0.1) is 0 Å². The van der Waals surface area contributed by atoms with Crippen LogP contribution in [-0.2, 0) is 11.3 Å². The van der Waals surface area contributed by atoms with Gasteiger partial charge in [0.15, 0.2) is 0 Å². The van der Waals surface area contributed by atoms with E-state index in [0.29, 0.717) is 11.7 Å². The number of carbonyl (C=O) groups is 1. The Kier molecular flexibility index (Phi) is 5.90. The Bertz CT molecular complexity index is 651. The van der Waals surface area contributed by atoms with Gasteiger partial charge in [0.25, 0.3) is 0 Å². The number of hydrogen-bond donors (Lipinski definition) is 0. The number of carbonyl (C=O) groups excluding carboxylic acids is 1. The number of piperidine rings is 2. The smallest absolute Gasteiger partial charge is 0.358 e. The average Bonchev–Trinajstić information content (AvgIpc) is 2.98. The molecule has 0 spiro atoms. The van der Waals surface area contributed by atoms with Crippen molar-refractivity contribution in [2.24, 2.45) is 11.8 Å². The molecule has 2 saturated heterocycles. The van der Waals surface area contributed by atoms with Gasteiger partial charge in [-0.1, -0.05) is 6.92 Å². The molecule has 1 unspecified atom stereocenters. The molecule has 0 saturated carbocycles. The monoisotopic (exact) mass is 363 g/mol. The number of rotatable bonds is 5. The topological polar surface area (TPSA) is 84.5 Å². The lowest BCUT2D eigenvalue weighted by Crippen LogP contribution is -2.46. The Morgan fingerprint density at radius 3 is 2.69 bits per heavy atom. The van der Waals surface area contributed by atoms with E-state index in [9.17, 15) is 14.9 Å². The third kappa shape index (κ3) is 4.60. The summed E-state index contributed by atoms with van der Waals surface area (Å²) in [7, 11) is 0. The van der Waals surface area contributed by atoms with Crippen LogP contribution in [0.5, 0.6) is 0 Å². The molecule has 0 bridgehead atoms. The largest absolute Gasteiger partial charge is 0.381 e. The van der Waals surface area contributed by atoms with Crippen molar-refractivity contribution in [1.29, 1.82) is 0 Å². The molecule has 2 aliphatic rings. The Morgan fingerprint density at radius 2 is 2.04 bits per heavy atom. The van der Waals surface area contributed by atoms with Crippen molar-refractivity contribution >= 4 is 11.7 Å². The number of nitrogens with zero attached hydrogens (tertiary/aromatic N) is 5. The van der Waals surface area contributed by atoms with E-state index in [2.05, 4.69) is 16.8 Å². The predicted octanol–water partition coefficient (Wildman–Crippen LogP) is 2.07. The fourth-order valence-corrected chi connectivity index (χ4v) is 4.04. The molecule has 0 radical (unpaired) electrons. The third-order valence-corrected chi connectivity index (χ3v) is 5.72. The van der Waals surface area contributed by atoms with Gasteiger partial charge >= 0.3 is 5.82 Å². The highest BCUT2D eigenvalue weighted by Gasteiger charge is 2.27. The van der Waals surface area contributed by atoms with Crippen LogP contribution < -0.4 is 0 Å². The molecule has 2 fully saturated rings. The van der Waals surface area contributed by atoms with E-state index >= 15 is 0 Å². The van der Waals surface area contributed by atoms with Gasteiger partial charge in [-0.2, -0.15) is 0 Å². The first-order valence-electron chi connectivity index (χ1n) is 9.60. The SMILES string of the molecule is Cc1nc([N+](=O)[O-])cn1CC(=O)N1CCCC(CN2CCC(C)CC2)C1. The summed E-state index contributed by atoms with van der Waals surface area (Å²) in [5.74, 6) is 1.68. The van der Waals surface area contributed by atoms with E-state index in [1.165, 1.54) is 38.5 Å². The van der Waals surface area contributed by atoms with Crippen LogP contribution in [0.2, 0.25) is 0 Å². The molecule has 3 heterocycles. The molecule has 1 atom stereocenters. The minimum absolute atomic E-state index is 0.0253. The zero-order valence-electron chi connectivity index (χ0n) is 15.8. The second-order valence-corrected chi connectivity index (χ2v) is 7.86. The predicted molar refractivity (Wildman–Crippen MR) is 97.8 cm³/mol. The highest BCUT2D eigenvalue weighted by molar-refractivity contribution is 5.76. The number of aryl methyl sites for hydroxylation is 1. The van der Waals surface area contributed by atoms with E-state index in [1.54, 1.807) is 11.5 Å². The van der Waals surface area contributed by atoms with Crippen LogP contribution in [-0.4, -0.2) is 62.9 Å². The maximum atomic E-state index is 12.7. The van der Waals surface area contributed by atoms with E-state index in [1.807, 2.05) is 4.90 Å². The van der Waals surface area contributed by atoms with Gasteiger partial charge in [0, 0.05) is 26.6 Å². The van der Waals surface area contributed by atoms with Crippen molar-refractivity contribution in [3.63, 3.8) is 0 Å². The standard InChI is InChI=1S/C18H29N5O3/c1-14-5-8-20(9-6-14)10-16-4-3-7-21(11-16)18(24)13-22-12-17(23(25)26)19-15(22)2/h12,14,16H,3-11,13H2,1-2H3. The fraction of sp³-hybridized carbons (Fsp3) is 0.778. The lowest BCUT2D eigenvalue weighted by atomic mass is 9.94. The van der Waals surface area contributed by atoms with Crippen molar-refractivity contribution in [1.82, 2.24) is 19.4 Å². The number of aromatic nitrogens is 2. The summed E-state index contributed by atoms with van der Waals surface area (Å²) in [5.41, 5.74) is 0. The molecule has 1 aromatic heterocycles. The molecule has 1 aromatic rings. The maximum absolute atomic E-state index is 12.7. The van der Waals surface area contributed by atoms with Crippen molar-refractivity contribution in [2.45, 2.75) is 46.1 Å². The van der Waals surface area contributed by atoms with Gasteiger partial charge in [-0.05, 0) is 60.5 Å². The van der Waals surface area contributed by atoms with E-state index in [0.717, 1.165) is 32.0 Å². The van der Waals surface area contributed by atoms with Crippen LogP contribution in [0.4, 0.5) is 5.82 Å². The summed E-state index contributed by atoms with van der Waals surface area (Å²) in [6, 6.07) is 0. The number of likely N-dealkylation sites (tertiary alicyclic amines) is 2. The van der Waals surface area contributed by atoms with Crippen molar-refractivity contribution in [3.8, 4) is 0 Å². The van der Waals surface area contributed by atoms with Crippen molar-refractivity contribution in [2.75, 3.05) is 32.7 Å². The van der Waals surface area contributed by atoms with Crippen LogP contribution in [0.3, 0.4) is 0 Å². The molecule has 3 rings (SSSR count). The normalized spacial score (nSPS) is 22.5. The van der Waals surface area contributed by atoms with Gasteiger partial charge < -0.3 is 19.9 Å². The first kappa shape index (κ1) is 18.8. The molecule has 0 aliphatic carbocycles. The highest BCUT2D eigenvalue weighted by Crippen LogP contribution is 2.22. The fourth-order valence-electron chi connectivity index (χ4n) is 4.04. The quantitative estimate of drug-likeness (QED) is 0.591. The summed E-state index contributed by atoms with van der Waals surface area (Å²) >= 11 is 0. The van der Waals surface area contributed by atoms with Gasteiger partial charge in [-0.15, -0.1) is 0 Å². The molecule has 144 valence electrons. The minimum Gasteiger partial charge on any atom is -0.358 e. The highest BCUT2D eigenvalue weighted by atomic mass is 16.6. The lowest BCUT2D eigenvalue weighted by molar-refractivity contribution is -0.389. The van der Waals surface area contributed by atoms with Crippen LogP contribution in [0.1, 0.15) is 38.4 Å². The van der Waals surface area contributed by atoms with Gasteiger partial charge in [0.2, 0.25) is 11.7 Å². The van der Waals surface area contributed by atoms with Crippen LogP contribution >= 0.6 is 0 Å². The zero-order chi connectivity index (χ0) is 18.7. The van der Waals surface area contributed by atoms with Crippen molar-refractivity contribution in [3.05, 3.63) is 22.1 Å². The molecule has 0 N–H and O–H groups in total. The van der Waals surface area contributed by atoms with Crippen LogP contribution in [0.25, 0.3) is 0 Å². The molecule has 8 nitrogen and oxygen atoms in total. The summed E-state index contributed by atoms with van der Waals surface area (Å²) in [6.07, 6.45) is 6.10. The first-order chi connectivity index (χ1) is 12.4. The molecule has 1 amide bonds. The number of nitro groups is 1. The number of imidazole rings is 1. The number of amides is 1. The molecular weight excluding hydrogens is 334 g/mol. The Balaban J connectivity index is 1.53. The summed E-state index contributed by atoms with van der Waals surface area (Å²) in [6.45, 7) is 9.13. The first-order valence-corrected chi connectivity index (χ1v) is 9.60. The van der Waals surface area contributed by atoms with Crippen LogP contribution in [0.15, 0.2) is 6.20 Å². The Hall–Kier alpha value is -1.96. The molecule has 26 heavy (non-hydrogen) atoms. The van der Waals surface area contributed by atoms with Gasteiger partial charge in [-0.3, -0.25) is 9.36 Å². The molecule has 8 heteroatoms. The molecular formula is C18H29N5O3. The van der Waals surface area contributed by atoms with Gasteiger partial charge in [0.1, 0.15) is 12.7 Å². The third-order valence-electron chi connectivity index (χ3n) is 5.72. The van der Waals surface area contributed by atoms with Crippen molar-refractivity contribution < 1.29 is 9.72 Å². The maximum Gasteiger partial charge on any atom is 0.381 e. The van der Waals surface area contributed by atoms with E-state index in [4.69, 9.17) is 0 Å². The summed E-state index contributed by atoms with van der Waals surface area (Å²) in [5, 5.41) is 10.8.